The number of nitrogens with zero attached hydrogens (tertiary/aromatic N) is 1. The first-order valence-electron chi connectivity index (χ1n) is 8.85. The van der Waals surface area contributed by atoms with Gasteiger partial charge in [0.1, 0.15) is 0 Å². The van der Waals surface area contributed by atoms with E-state index >= 15 is 0 Å². The van der Waals surface area contributed by atoms with Crippen LogP contribution in [0, 0.1) is 5.92 Å². The van der Waals surface area contributed by atoms with E-state index in [1.165, 1.54) is 0 Å². The minimum absolute atomic E-state index is 0.0259. The number of sulfonamides is 1. The quantitative estimate of drug-likeness (QED) is 0.784. The van der Waals surface area contributed by atoms with Crippen LogP contribution in [0.25, 0.3) is 0 Å². The van der Waals surface area contributed by atoms with Gasteiger partial charge in [-0.15, -0.1) is 0 Å². The van der Waals surface area contributed by atoms with Crippen molar-refractivity contribution in [1.29, 1.82) is 0 Å². The maximum absolute atomic E-state index is 13.1. The molecule has 2 saturated carbocycles. The van der Waals surface area contributed by atoms with Crippen molar-refractivity contribution < 1.29 is 17.9 Å². The Morgan fingerprint density at radius 1 is 1.04 bits per heavy atom. The summed E-state index contributed by atoms with van der Waals surface area (Å²) < 4.78 is 33.5. The summed E-state index contributed by atoms with van der Waals surface area (Å²) >= 11 is 0. The van der Waals surface area contributed by atoms with Crippen LogP contribution in [-0.4, -0.2) is 43.8 Å². The molecule has 3 aliphatic rings. The third-order valence-electron chi connectivity index (χ3n) is 5.37. The zero-order chi connectivity index (χ0) is 16.7. The van der Waals surface area contributed by atoms with Crippen LogP contribution in [0.15, 0.2) is 29.2 Å². The van der Waals surface area contributed by atoms with Crippen LogP contribution in [0.4, 0.5) is 0 Å². The number of carbonyl (C=O) groups is 1. The first-order valence-corrected chi connectivity index (χ1v) is 10.3. The van der Waals surface area contributed by atoms with Gasteiger partial charge >= 0.3 is 0 Å². The number of Topliss-reactive ketones (excluding diaryl/α,β-unsaturated/α-hetero) is 1. The van der Waals surface area contributed by atoms with Crippen molar-refractivity contribution in [2.24, 2.45) is 5.92 Å². The third kappa shape index (κ3) is 2.91. The van der Waals surface area contributed by atoms with Gasteiger partial charge in [-0.25, -0.2) is 8.42 Å². The molecule has 5 nitrogen and oxygen atoms in total. The Morgan fingerprint density at radius 2 is 1.75 bits per heavy atom. The maximum Gasteiger partial charge on any atom is 0.243 e. The summed E-state index contributed by atoms with van der Waals surface area (Å²) in [6, 6.07) is 6.43. The van der Waals surface area contributed by atoms with Crippen LogP contribution in [0.5, 0.6) is 0 Å². The minimum Gasteiger partial charge on any atom is -0.375 e. The van der Waals surface area contributed by atoms with E-state index in [2.05, 4.69) is 0 Å². The molecule has 0 bridgehead atoms. The van der Waals surface area contributed by atoms with Crippen LogP contribution in [0.1, 0.15) is 48.9 Å². The number of hydrogen-bond donors (Lipinski definition) is 0. The molecular formula is C18H23NO4S. The fourth-order valence-electron chi connectivity index (χ4n) is 3.87. The fraction of sp³-hybridized carbons (Fsp3) is 0.611. The van der Waals surface area contributed by atoms with Gasteiger partial charge in [0.2, 0.25) is 10.0 Å². The van der Waals surface area contributed by atoms with Crippen molar-refractivity contribution in [3.63, 3.8) is 0 Å². The van der Waals surface area contributed by atoms with E-state index in [-0.39, 0.29) is 28.7 Å². The number of ketones is 1. The summed E-state index contributed by atoms with van der Waals surface area (Å²) in [5.41, 5.74) is 0.619. The summed E-state index contributed by atoms with van der Waals surface area (Å²) in [6.45, 7) is 0.866. The molecule has 0 spiro atoms. The molecule has 1 aromatic rings. The van der Waals surface area contributed by atoms with Gasteiger partial charge < -0.3 is 4.74 Å². The predicted molar refractivity (Wildman–Crippen MR) is 89.4 cm³/mol. The highest BCUT2D eigenvalue weighted by Crippen LogP contribution is 2.34. The molecule has 2 unspecified atom stereocenters. The Kier molecular flexibility index (Phi) is 4.22. The largest absolute Gasteiger partial charge is 0.375 e. The van der Waals surface area contributed by atoms with E-state index in [4.69, 9.17) is 4.74 Å². The second kappa shape index (κ2) is 6.24. The zero-order valence-corrected chi connectivity index (χ0v) is 14.5. The summed E-state index contributed by atoms with van der Waals surface area (Å²) in [5.74, 6) is 0.285. The van der Waals surface area contributed by atoms with Crippen molar-refractivity contribution in [3.8, 4) is 0 Å². The number of fused-ring (bicyclic) bond motifs is 1. The summed E-state index contributed by atoms with van der Waals surface area (Å²) in [5, 5.41) is 0. The van der Waals surface area contributed by atoms with Crippen molar-refractivity contribution in [3.05, 3.63) is 29.8 Å². The molecule has 0 aromatic heterocycles. The number of morpholine rings is 1. The molecule has 6 heteroatoms. The smallest absolute Gasteiger partial charge is 0.243 e. The average Bonchev–Trinajstić information content (AvgIpc) is 3.46. The van der Waals surface area contributed by atoms with E-state index < -0.39 is 10.0 Å². The molecule has 24 heavy (non-hydrogen) atoms. The molecule has 130 valence electrons. The van der Waals surface area contributed by atoms with Gasteiger partial charge in [0.25, 0.3) is 0 Å². The van der Waals surface area contributed by atoms with E-state index in [1.54, 1.807) is 28.6 Å². The summed E-state index contributed by atoms with van der Waals surface area (Å²) in [6.07, 6.45) is 5.88. The van der Waals surface area contributed by atoms with Gasteiger partial charge in [0.05, 0.1) is 23.6 Å². The number of benzene rings is 1. The maximum atomic E-state index is 13.1. The molecule has 1 heterocycles. The summed E-state index contributed by atoms with van der Waals surface area (Å²) in [7, 11) is -3.54. The Labute approximate surface area is 143 Å². The average molecular weight is 349 g/mol. The van der Waals surface area contributed by atoms with E-state index in [1.807, 2.05) is 0 Å². The monoisotopic (exact) mass is 349 g/mol. The van der Waals surface area contributed by atoms with Gasteiger partial charge in [-0.2, -0.15) is 4.31 Å². The lowest BCUT2D eigenvalue weighted by atomic mass is 9.91. The molecule has 1 saturated heterocycles. The van der Waals surface area contributed by atoms with Gasteiger partial charge in [-0.3, -0.25) is 4.79 Å². The van der Waals surface area contributed by atoms with Crippen LogP contribution < -0.4 is 0 Å². The van der Waals surface area contributed by atoms with Gasteiger partial charge in [-0.1, -0.05) is 25.0 Å². The lowest BCUT2D eigenvalue weighted by Gasteiger charge is -2.42. The number of carbonyl (C=O) groups excluding carboxylic acids is 1. The summed E-state index contributed by atoms with van der Waals surface area (Å²) in [4.78, 5) is 12.4. The predicted octanol–water partition coefficient (Wildman–Crippen LogP) is 2.61. The number of ether oxygens (including phenoxy) is 1. The molecule has 3 fully saturated rings. The molecule has 2 aliphatic carbocycles. The molecule has 0 radical (unpaired) electrons. The van der Waals surface area contributed by atoms with Crippen LogP contribution >= 0.6 is 0 Å². The Bertz CT molecular complexity index is 722. The molecule has 2 atom stereocenters. The highest BCUT2D eigenvalue weighted by Gasteiger charge is 2.41. The van der Waals surface area contributed by atoms with E-state index in [9.17, 15) is 13.2 Å². The minimum atomic E-state index is -3.54. The first-order chi connectivity index (χ1) is 11.6. The number of rotatable bonds is 4. The third-order valence-corrected chi connectivity index (χ3v) is 7.31. The van der Waals surface area contributed by atoms with Crippen LogP contribution in [0.2, 0.25) is 0 Å². The topological polar surface area (TPSA) is 63.7 Å². The van der Waals surface area contributed by atoms with E-state index in [0.29, 0.717) is 18.7 Å². The zero-order valence-electron chi connectivity index (χ0n) is 13.7. The van der Waals surface area contributed by atoms with E-state index in [0.717, 1.165) is 38.5 Å². The van der Waals surface area contributed by atoms with Gasteiger partial charge in [0.15, 0.2) is 5.78 Å². The highest BCUT2D eigenvalue weighted by molar-refractivity contribution is 7.89. The van der Waals surface area contributed by atoms with Crippen molar-refractivity contribution in [1.82, 2.24) is 4.31 Å². The normalized spacial score (nSPS) is 28.3. The van der Waals surface area contributed by atoms with Crippen molar-refractivity contribution in [2.45, 2.75) is 55.6 Å². The lowest BCUT2D eigenvalue weighted by Crippen LogP contribution is -2.54. The Hall–Kier alpha value is -1.24. The first kappa shape index (κ1) is 16.2. The lowest BCUT2D eigenvalue weighted by molar-refractivity contribution is -0.0586. The van der Waals surface area contributed by atoms with Gasteiger partial charge in [0, 0.05) is 18.0 Å². The standard InChI is InChI=1S/C18H23NO4S/c20-18(13-5-6-13)14-7-9-15(10-8-14)24(21,22)19-11-12-23-17-4-2-1-3-16(17)19/h7-10,13,16-17H,1-6,11-12H2. The van der Waals surface area contributed by atoms with Gasteiger partial charge in [-0.05, 0) is 37.8 Å². The molecule has 4 rings (SSSR count). The number of hydrogen-bond acceptors (Lipinski definition) is 4. The van der Waals surface area contributed by atoms with Crippen molar-refractivity contribution in [2.75, 3.05) is 13.2 Å². The second-order valence-corrected chi connectivity index (χ2v) is 8.93. The molecule has 1 aliphatic heterocycles. The SMILES string of the molecule is O=C(c1ccc(S(=O)(=O)N2CCOC3CCCCC32)cc1)C1CC1. The highest BCUT2D eigenvalue weighted by atomic mass is 32.2. The molecule has 0 N–H and O–H groups in total. The molecule has 0 amide bonds. The Morgan fingerprint density at radius 3 is 2.46 bits per heavy atom. The van der Waals surface area contributed by atoms with Crippen LogP contribution in [-0.2, 0) is 14.8 Å². The Balaban J connectivity index is 1.58. The molecular weight excluding hydrogens is 326 g/mol. The van der Waals surface area contributed by atoms with Crippen LogP contribution in [0.3, 0.4) is 0 Å². The molecule has 1 aromatic carbocycles. The van der Waals surface area contributed by atoms with Crippen molar-refractivity contribution >= 4 is 15.8 Å². The second-order valence-electron chi connectivity index (χ2n) is 7.04. The fourth-order valence-corrected chi connectivity index (χ4v) is 5.53.